The van der Waals surface area contributed by atoms with E-state index in [0.717, 1.165) is 83.2 Å². The average Bonchev–Trinajstić information content (AvgIpc) is 1.32. The second kappa shape index (κ2) is 21.0. The first-order chi connectivity index (χ1) is 50.4. The van der Waals surface area contributed by atoms with E-state index in [2.05, 4.69) is 143 Å². The van der Waals surface area contributed by atoms with Crippen LogP contribution in [0.3, 0.4) is 0 Å². The Bertz CT molecular complexity index is 6140. The monoisotopic (exact) mass is 1260 g/mol. The minimum atomic E-state index is -0.778. The molecule has 0 saturated carbocycles. The van der Waals surface area contributed by atoms with E-state index in [1.165, 1.54) is 0 Å². The van der Waals surface area contributed by atoms with E-state index in [1.807, 2.05) is 126 Å². The summed E-state index contributed by atoms with van der Waals surface area (Å²) in [4.78, 5) is 2.38. The number of fused-ring (bicyclic) bond motifs is 13. The summed E-state index contributed by atoms with van der Waals surface area (Å²) in [5.41, 5.74) is 12.8. The molecule has 0 aliphatic carbocycles. The molecule has 6 heteroatoms. The summed E-state index contributed by atoms with van der Waals surface area (Å²) in [5.74, 6) is 0. The van der Waals surface area contributed by atoms with Gasteiger partial charge >= 0.3 is 0 Å². The first-order valence-corrected chi connectivity index (χ1v) is 33.8. The zero-order chi connectivity index (χ0) is 77.7. The maximum Gasteiger partial charge on any atom is 0.252 e. The summed E-state index contributed by atoms with van der Waals surface area (Å²) in [7, 11) is 0. The zero-order valence-corrected chi connectivity index (χ0v) is 58.5. The largest absolute Gasteiger partial charge is 0.455 e. The molecule has 0 radical (unpaired) electrons. The van der Waals surface area contributed by atoms with Gasteiger partial charge in [0.1, 0.15) is 11.2 Å². The van der Waals surface area contributed by atoms with Crippen molar-refractivity contribution in [1.82, 2.24) is 9.13 Å². The molecule has 1 N–H and O–H groups in total. The fraction of sp³-hybridized carbons (Fsp3) is 0.267. The number of hydrogen-bond donors (Lipinski definition) is 1. The van der Waals surface area contributed by atoms with E-state index in [4.69, 9.17) is 4.42 Å². The van der Waals surface area contributed by atoms with Crippen molar-refractivity contribution < 1.29 is 20.9 Å². The number of nitrogens with zero attached hydrogens (tertiary/aromatic N) is 3. The molecule has 0 spiro atoms. The lowest BCUT2D eigenvalue weighted by atomic mass is 9.33. The van der Waals surface area contributed by atoms with Crippen LogP contribution in [0.15, 0.2) is 210 Å². The van der Waals surface area contributed by atoms with Crippen LogP contribution in [0.5, 0.6) is 0 Å². The van der Waals surface area contributed by atoms with Crippen molar-refractivity contribution in [3.8, 4) is 33.6 Å². The molecule has 0 unspecified atom stereocenters. The van der Waals surface area contributed by atoms with Gasteiger partial charge < -0.3 is 23.8 Å². The van der Waals surface area contributed by atoms with Crippen molar-refractivity contribution in [2.24, 2.45) is 0 Å². The average molecular weight is 1270 g/mol. The van der Waals surface area contributed by atoms with Gasteiger partial charge in [-0.05, 0) is 191 Å². The quantitative estimate of drug-likeness (QED) is 0.175. The molecular weight excluding hydrogens is 1160 g/mol. The van der Waals surface area contributed by atoms with Gasteiger partial charge in [-0.15, -0.1) is 0 Å². The summed E-state index contributed by atoms with van der Waals surface area (Å²) in [6.45, 7) is 35.8. The molecule has 5 nitrogen and oxygen atoms in total. The highest BCUT2D eigenvalue weighted by Gasteiger charge is 2.44. The van der Waals surface area contributed by atoms with Crippen molar-refractivity contribution in [2.45, 2.75) is 157 Å². The number of aromatic nitrogens is 2. The fourth-order valence-electron chi connectivity index (χ4n) is 14.4. The standard InChI is InChI=1S/C90H89BN4O/c1-85(2,3)54-31-39-75-66(43-54)67-44-55(86(4,5)6)32-40-76(67)93(75)60-35-37-71-73(51-60)92-74-49-59(90(16,17)18)50-80-82(74)91(71)72-38-36-61(94-77-41-33-56(87(7,8)9)45-68(77)69-46-57(88(10,11)12)34-42-78(69)94)52-79(72)95(80)83-65(53-25-20-19-21-26-53)47-58(89(13,14)15)48-70(83)64-29-24-28-63-62-27-22-23-30-81(62)96-84(63)64/h19-52,92H,1-18H3/i31D,32D,33D,34D,39D,40D,41D,42D,43D,44D,45D,46D. The van der Waals surface area contributed by atoms with Gasteiger partial charge in [-0.25, -0.2) is 0 Å². The number of hydrogen-bond acceptors (Lipinski definition) is 3. The minimum absolute atomic E-state index is 0.00585. The maximum atomic E-state index is 10.3. The second-order valence-corrected chi connectivity index (χ2v) is 33.0. The van der Waals surface area contributed by atoms with Gasteiger partial charge in [0.05, 0.1) is 44.2 Å². The molecule has 2 aliphatic rings. The number of rotatable bonds is 5. The van der Waals surface area contributed by atoms with Gasteiger partial charge in [0, 0.05) is 83.1 Å². The van der Waals surface area contributed by atoms with E-state index in [9.17, 15) is 16.4 Å². The van der Waals surface area contributed by atoms with Crippen LogP contribution < -0.4 is 26.6 Å². The van der Waals surface area contributed by atoms with Crippen LogP contribution in [-0.2, 0) is 32.5 Å². The third-order valence-corrected chi connectivity index (χ3v) is 19.8. The van der Waals surface area contributed by atoms with Crippen LogP contribution in [0.1, 0.15) is 174 Å². The maximum absolute atomic E-state index is 10.3. The van der Waals surface area contributed by atoms with Gasteiger partial charge in [0.2, 0.25) is 0 Å². The molecule has 0 saturated heterocycles. The summed E-state index contributed by atoms with van der Waals surface area (Å²) in [6, 6.07) is 45.1. The zero-order valence-electron chi connectivity index (χ0n) is 70.5. The summed E-state index contributed by atoms with van der Waals surface area (Å²) >= 11 is 0. The summed E-state index contributed by atoms with van der Waals surface area (Å²) in [6.07, 6.45) is 0. The second-order valence-electron chi connectivity index (χ2n) is 33.0. The molecule has 478 valence electrons. The van der Waals surface area contributed by atoms with Gasteiger partial charge in [-0.3, -0.25) is 0 Å². The number of furan rings is 1. The molecule has 3 aromatic heterocycles. The Labute approximate surface area is 584 Å². The Morgan fingerprint density at radius 1 is 0.365 bits per heavy atom. The highest BCUT2D eigenvalue weighted by atomic mass is 16.3. The molecule has 14 aromatic rings. The Hall–Kier alpha value is -9.52. The predicted molar refractivity (Wildman–Crippen MR) is 415 cm³/mol. The number of anilines is 5. The van der Waals surface area contributed by atoms with Gasteiger partial charge in [0.15, 0.2) is 0 Å². The molecule has 0 atom stereocenters. The lowest BCUT2D eigenvalue weighted by Crippen LogP contribution is -2.60. The molecular formula is C90H89BN4O. The molecule has 0 amide bonds. The third-order valence-electron chi connectivity index (χ3n) is 19.8. The molecule has 11 aromatic carbocycles. The van der Waals surface area contributed by atoms with Crippen LogP contribution in [0, 0.1) is 0 Å². The predicted octanol–water partition coefficient (Wildman–Crippen LogP) is 23.3. The molecule has 96 heavy (non-hydrogen) atoms. The summed E-state index contributed by atoms with van der Waals surface area (Å²) < 4.78 is 131. The van der Waals surface area contributed by atoms with Crippen molar-refractivity contribution in [2.75, 3.05) is 10.2 Å². The molecule has 16 rings (SSSR count). The van der Waals surface area contributed by atoms with Gasteiger partial charge in [-0.2, -0.15) is 0 Å². The topological polar surface area (TPSA) is 38.3 Å². The normalized spacial score (nSPS) is 15.5. The SMILES string of the molecule is [2H]c1c(C(C)(C)C)c([2H])c2c3c([2H])c(C(C)(C)C)c([2H])c([2H])c3n(-c3ccc4c(c3)Nc3cc(C(C)(C)C)cc5c3B4c3ccc(-n4c6c([2H])c([2H])c(C(C)(C)C)c([2H])c6c6c([2H])c(C(C)(C)C)c([2H])c([2H])c64)cc3N5c3c(-c4ccccc4)cc(C(C)(C)C)cc3-c3cccc4c3oc3ccccc34)c2c1[2H]. The van der Waals surface area contributed by atoms with Gasteiger partial charge in [-0.1, -0.05) is 228 Å². The molecule has 5 heterocycles. The number of para-hydroxylation sites is 2. The smallest absolute Gasteiger partial charge is 0.252 e. The van der Waals surface area contributed by atoms with Crippen molar-refractivity contribution in [1.29, 1.82) is 0 Å². The Morgan fingerprint density at radius 2 is 0.823 bits per heavy atom. The molecule has 2 aliphatic heterocycles. The van der Waals surface area contributed by atoms with E-state index in [-0.39, 0.29) is 122 Å². The highest BCUT2D eigenvalue weighted by molar-refractivity contribution is 7.00. The van der Waals surface area contributed by atoms with Crippen LogP contribution in [0.25, 0.3) is 99.2 Å². The summed E-state index contributed by atoms with van der Waals surface area (Å²) in [5, 5.41) is 7.05. The van der Waals surface area contributed by atoms with Crippen molar-refractivity contribution in [3.05, 3.63) is 239 Å². The number of benzene rings is 11. The lowest BCUT2D eigenvalue weighted by Gasteiger charge is -2.43. The Morgan fingerprint density at radius 3 is 1.34 bits per heavy atom. The van der Waals surface area contributed by atoms with Gasteiger partial charge in [0.25, 0.3) is 6.71 Å². The van der Waals surface area contributed by atoms with E-state index in [0.29, 0.717) is 50.6 Å². The van der Waals surface area contributed by atoms with Crippen molar-refractivity contribution >= 4 is 117 Å². The Balaban J connectivity index is 1.08. The molecule has 0 fully saturated rings. The van der Waals surface area contributed by atoms with E-state index >= 15 is 0 Å². The van der Waals surface area contributed by atoms with Crippen LogP contribution in [-0.4, -0.2) is 15.8 Å². The lowest BCUT2D eigenvalue weighted by molar-refractivity contribution is 0.590. The number of nitrogens with one attached hydrogen (secondary N) is 1. The third kappa shape index (κ3) is 9.77. The Kier molecular flexibility index (Phi) is 10.7. The van der Waals surface area contributed by atoms with Crippen LogP contribution in [0.4, 0.5) is 28.4 Å². The highest BCUT2D eigenvalue weighted by Crippen LogP contribution is 2.53. The first-order valence-electron chi connectivity index (χ1n) is 39.8. The molecule has 0 bridgehead atoms. The first kappa shape index (κ1) is 49.1. The van der Waals surface area contributed by atoms with E-state index < -0.39 is 33.8 Å². The van der Waals surface area contributed by atoms with Crippen molar-refractivity contribution in [3.63, 3.8) is 0 Å². The fourth-order valence-corrected chi connectivity index (χ4v) is 14.4. The minimum Gasteiger partial charge on any atom is -0.455 e. The van der Waals surface area contributed by atoms with Crippen LogP contribution in [0.2, 0.25) is 0 Å². The van der Waals surface area contributed by atoms with E-state index in [1.54, 1.807) is 9.13 Å². The van der Waals surface area contributed by atoms with Crippen LogP contribution >= 0.6 is 0 Å².